The zero-order valence-corrected chi connectivity index (χ0v) is 14.4. The predicted octanol–water partition coefficient (Wildman–Crippen LogP) is 4.89. The number of amides is 1. The summed E-state index contributed by atoms with van der Waals surface area (Å²) in [6, 6.07) is 7.39. The molecular formula is C18H15F6NO3. The smallest absolute Gasteiger partial charge is 0.416 e. The van der Waals surface area contributed by atoms with E-state index >= 15 is 0 Å². The summed E-state index contributed by atoms with van der Waals surface area (Å²) in [5.74, 6) is -1.47. The summed E-state index contributed by atoms with van der Waals surface area (Å²) >= 11 is 0. The van der Waals surface area contributed by atoms with Gasteiger partial charge in [0.25, 0.3) is 5.91 Å². The van der Waals surface area contributed by atoms with Crippen molar-refractivity contribution in [3.05, 3.63) is 59.2 Å². The minimum atomic E-state index is -5.00. The second-order valence-electron chi connectivity index (χ2n) is 5.67. The summed E-state index contributed by atoms with van der Waals surface area (Å²) in [6.07, 6.45) is -10.00. The fourth-order valence-electron chi connectivity index (χ4n) is 2.27. The van der Waals surface area contributed by atoms with Gasteiger partial charge in [0.05, 0.1) is 17.7 Å². The molecule has 28 heavy (non-hydrogen) atoms. The summed E-state index contributed by atoms with van der Waals surface area (Å²) in [5.41, 5.74) is -2.03. The van der Waals surface area contributed by atoms with Crippen LogP contribution < -0.4 is 10.1 Å². The highest BCUT2D eigenvalue weighted by Gasteiger charge is 2.37. The van der Waals surface area contributed by atoms with Crippen LogP contribution in [0, 0.1) is 0 Å². The van der Waals surface area contributed by atoms with Crippen molar-refractivity contribution >= 4 is 11.6 Å². The lowest BCUT2D eigenvalue weighted by atomic mass is 10.1. The van der Waals surface area contributed by atoms with E-state index in [1.165, 1.54) is 7.11 Å². The van der Waals surface area contributed by atoms with Crippen LogP contribution in [0.5, 0.6) is 5.75 Å². The second-order valence-corrected chi connectivity index (χ2v) is 5.67. The van der Waals surface area contributed by atoms with Gasteiger partial charge in [0.2, 0.25) is 0 Å². The maximum absolute atomic E-state index is 12.8. The molecule has 0 radical (unpaired) electrons. The van der Waals surface area contributed by atoms with E-state index < -0.39 is 41.7 Å². The fourth-order valence-corrected chi connectivity index (χ4v) is 2.27. The van der Waals surface area contributed by atoms with Gasteiger partial charge in [0, 0.05) is 18.4 Å². The number of alkyl halides is 6. The lowest BCUT2D eigenvalue weighted by Gasteiger charge is -2.15. The number of anilines is 1. The third-order valence-corrected chi connectivity index (χ3v) is 3.52. The second kappa shape index (κ2) is 8.51. The molecule has 2 aromatic carbocycles. The predicted molar refractivity (Wildman–Crippen MR) is 87.7 cm³/mol. The first-order valence-corrected chi connectivity index (χ1v) is 7.79. The molecule has 0 atom stereocenters. The SMILES string of the molecule is COCc1ccccc1NC(=O)COc1cc(C(F)(F)F)cc(C(F)(F)F)c1. The fraction of sp³-hybridized carbons (Fsp3) is 0.278. The Kier molecular flexibility index (Phi) is 6.55. The van der Waals surface area contributed by atoms with Gasteiger partial charge in [-0.1, -0.05) is 18.2 Å². The first-order valence-electron chi connectivity index (χ1n) is 7.79. The lowest BCUT2D eigenvalue weighted by Crippen LogP contribution is -2.21. The maximum Gasteiger partial charge on any atom is 0.416 e. The van der Waals surface area contributed by atoms with Crippen LogP contribution >= 0.6 is 0 Å². The Morgan fingerprint density at radius 2 is 1.54 bits per heavy atom. The normalized spacial score (nSPS) is 12.0. The zero-order valence-electron chi connectivity index (χ0n) is 14.4. The molecule has 1 N–H and O–H groups in total. The standard InChI is InChI=1S/C18H15F6NO3/c1-27-9-11-4-2-3-5-15(11)25-16(26)10-28-14-7-12(17(19,20)21)6-13(8-14)18(22,23)24/h2-8H,9-10H2,1H3,(H,25,26). The van der Waals surface area contributed by atoms with Crippen LogP contribution in [0.4, 0.5) is 32.0 Å². The highest BCUT2D eigenvalue weighted by atomic mass is 19.4. The largest absolute Gasteiger partial charge is 0.484 e. The molecule has 2 aromatic rings. The Hall–Kier alpha value is -2.75. The first-order chi connectivity index (χ1) is 13.0. The number of para-hydroxylation sites is 1. The summed E-state index contributed by atoms with van der Waals surface area (Å²) in [6.45, 7) is -0.584. The van der Waals surface area contributed by atoms with Crippen LogP contribution in [0.2, 0.25) is 0 Å². The van der Waals surface area contributed by atoms with E-state index in [0.29, 0.717) is 23.4 Å². The molecular weight excluding hydrogens is 392 g/mol. The van der Waals surface area contributed by atoms with Gasteiger partial charge < -0.3 is 14.8 Å². The highest BCUT2D eigenvalue weighted by Crippen LogP contribution is 2.38. The minimum Gasteiger partial charge on any atom is -0.484 e. The van der Waals surface area contributed by atoms with E-state index in [1.807, 2.05) is 0 Å². The van der Waals surface area contributed by atoms with Crippen molar-refractivity contribution in [2.75, 3.05) is 19.0 Å². The van der Waals surface area contributed by atoms with Gasteiger partial charge in [-0.15, -0.1) is 0 Å². The molecule has 10 heteroatoms. The third-order valence-electron chi connectivity index (χ3n) is 3.52. The number of rotatable bonds is 6. The van der Waals surface area contributed by atoms with Crippen molar-refractivity contribution in [2.24, 2.45) is 0 Å². The summed E-state index contributed by atoms with van der Waals surface area (Å²) in [4.78, 5) is 12.0. The Balaban J connectivity index is 2.14. The number of benzene rings is 2. The molecule has 0 fully saturated rings. The molecule has 0 unspecified atom stereocenters. The van der Waals surface area contributed by atoms with Gasteiger partial charge in [-0.25, -0.2) is 0 Å². The van der Waals surface area contributed by atoms with E-state index in [1.54, 1.807) is 24.3 Å². The van der Waals surface area contributed by atoms with Crippen LogP contribution in [-0.2, 0) is 28.5 Å². The summed E-state index contributed by atoms with van der Waals surface area (Å²) in [5, 5.41) is 2.47. The molecule has 2 rings (SSSR count). The minimum absolute atomic E-state index is 0.0199. The molecule has 0 aliphatic heterocycles. The van der Waals surface area contributed by atoms with Crippen molar-refractivity contribution in [3.8, 4) is 5.75 Å². The molecule has 0 aliphatic carbocycles. The van der Waals surface area contributed by atoms with Crippen molar-refractivity contribution in [2.45, 2.75) is 19.0 Å². The monoisotopic (exact) mass is 407 g/mol. The average molecular weight is 407 g/mol. The van der Waals surface area contributed by atoms with Crippen molar-refractivity contribution < 1.29 is 40.6 Å². The molecule has 4 nitrogen and oxygen atoms in total. The molecule has 0 saturated carbocycles. The van der Waals surface area contributed by atoms with E-state index in [9.17, 15) is 31.1 Å². The Labute approximate surface area is 156 Å². The van der Waals surface area contributed by atoms with E-state index in [0.717, 1.165) is 0 Å². The quantitative estimate of drug-likeness (QED) is 0.694. The first kappa shape index (κ1) is 21.5. The van der Waals surface area contributed by atoms with Gasteiger partial charge in [-0.3, -0.25) is 4.79 Å². The molecule has 1 amide bonds. The Morgan fingerprint density at radius 3 is 2.07 bits per heavy atom. The van der Waals surface area contributed by atoms with Crippen LogP contribution in [0.3, 0.4) is 0 Å². The van der Waals surface area contributed by atoms with Crippen LogP contribution in [-0.4, -0.2) is 19.6 Å². The molecule has 0 spiro atoms. The van der Waals surface area contributed by atoms with Gasteiger partial charge in [-0.05, 0) is 24.3 Å². The van der Waals surface area contributed by atoms with Crippen LogP contribution in [0.1, 0.15) is 16.7 Å². The van der Waals surface area contributed by atoms with Crippen LogP contribution in [0.15, 0.2) is 42.5 Å². The maximum atomic E-state index is 12.8. The topological polar surface area (TPSA) is 47.6 Å². The van der Waals surface area contributed by atoms with Crippen molar-refractivity contribution in [1.82, 2.24) is 0 Å². The number of methoxy groups -OCH3 is 1. The van der Waals surface area contributed by atoms with Gasteiger partial charge in [0.1, 0.15) is 5.75 Å². The number of carbonyl (C=O) groups excluding carboxylic acids is 1. The molecule has 0 saturated heterocycles. The number of hydrogen-bond acceptors (Lipinski definition) is 3. The highest BCUT2D eigenvalue weighted by molar-refractivity contribution is 5.92. The third kappa shape index (κ3) is 5.88. The van der Waals surface area contributed by atoms with E-state index in [2.05, 4.69) is 5.32 Å². The number of hydrogen-bond donors (Lipinski definition) is 1. The summed E-state index contributed by atoms with van der Waals surface area (Å²) in [7, 11) is 1.45. The van der Waals surface area contributed by atoms with E-state index in [-0.39, 0.29) is 12.7 Å². The van der Waals surface area contributed by atoms with E-state index in [4.69, 9.17) is 9.47 Å². The van der Waals surface area contributed by atoms with Crippen LogP contribution in [0.25, 0.3) is 0 Å². The Bertz CT molecular complexity index is 801. The number of nitrogens with one attached hydrogen (secondary N) is 1. The van der Waals surface area contributed by atoms with Gasteiger partial charge >= 0.3 is 12.4 Å². The number of halogens is 6. The molecule has 0 heterocycles. The summed E-state index contributed by atoms with van der Waals surface area (Å²) < 4.78 is 86.8. The lowest BCUT2D eigenvalue weighted by molar-refractivity contribution is -0.143. The number of carbonyl (C=O) groups is 1. The average Bonchev–Trinajstić information content (AvgIpc) is 2.60. The van der Waals surface area contributed by atoms with Gasteiger partial charge in [0.15, 0.2) is 6.61 Å². The molecule has 0 bridgehead atoms. The van der Waals surface area contributed by atoms with Gasteiger partial charge in [-0.2, -0.15) is 26.3 Å². The molecule has 0 aromatic heterocycles. The number of ether oxygens (including phenoxy) is 2. The van der Waals surface area contributed by atoms with Crippen molar-refractivity contribution in [3.63, 3.8) is 0 Å². The molecule has 0 aliphatic rings. The Morgan fingerprint density at radius 1 is 0.964 bits per heavy atom. The van der Waals surface area contributed by atoms with Crippen molar-refractivity contribution in [1.29, 1.82) is 0 Å². The molecule has 152 valence electrons. The zero-order chi connectivity index (χ0) is 20.9.